The molecule has 0 N–H and O–H groups in total. The van der Waals surface area contributed by atoms with Crippen LogP contribution in [-0.2, 0) is 14.3 Å². The van der Waals surface area contributed by atoms with Gasteiger partial charge in [0.15, 0.2) is 5.56 Å². The van der Waals surface area contributed by atoms with Crippen molar-refractivity contribution in [2.75, 3.05) is 13.1 Å². The second kappa shape index (κ2) is 9.36. The first kappa shape index (κ1) is 20.1. The topological polar surface area (TPSA) is 55.8 Å². The number of halogens is 1. The highest BCUT2D eigenvalue weighted by Gasteiger charge is 2.26. The van der Waals surface area contributed by atoms with Crippen molar-refractivity contribution in [3.63, 3.8) is 0 Å². The first-order chi connectivity index (χ1) is 10.7. The molecule has 1 aliphatic rings. The predicted molar refractivity (Wildman–Crippen MR) is 90.4 cm³/mol. The smallest absolute Gasteiger partial charge is 0.410 e. The maximum Gasteiger partial charge on any atom is 0.410 e. The van der Waals surface area contributed by atoms with E-state index in [4.69, 9.17) is 21.1 Å². The van der Waals surface area contributed by atoms with Crippen molar-refractivity contribution in [1.82, 2.24) is 4.90 Å². The molecule has 1 aliphatic heterocycles. The SMILES string of the molecule is CC(Cl)OC(=O)CCCCC1CCN(C(=O)OC(C)(C)C)CC1. The first-order valence-corrected chi connectivity index (χ1v) is 8.92. The number of carbonyl (C=O) groups is 2. The van der Waals surface area contributed by atoms with Gasteiger partial charge in [-0.05, 0) is 52.9 Å². The number of unbranched alkanes of at least 4 members (excludes halogenated alkanes) is 1. The molecule has 0 saturated carbocycles. The van der Waals surface area contributed by atoms with E-state index in [1.165, 1.54) is 0 Å². The monoisotopic (exact) mass is 347 g/mol. The van der Waals surface area contributed by atoms with Gasteiger partial charge in [-0.3, -0.25) is 4.79 Å². The Balaban J connectivity index is 2.15. The van der Waals surface area contributed by atoms with Crippen LogP contribution < -0.4 is 0 Å². The minimum Gasteiger partial charge on any atom is -0.446 e. The lowest BCUT2D eigenvalue weighted by Gasteiger charge is -2.33. The molecule has 0 radical (unpaired) electrons. The maximum atomic E-state index is 12.0. The number of hydrogen-bond acceptors (Lipinski definition) is 4. The maximum absolute atomic E-state index is 12.0. The van der Waals surface area contributed by atoms with Crippen LogP contribution in [0.5, 0.6) is 0 Å². The highest BCUT2D eigenvalue weighted by Crippen LogP contribution is 2.24. The van der Waals surface area contributed by atoms with Crippen molar-refractivity contribution in [2.45, 2.75) is 77.4 Å². The summed E-state index contributed by atoms with van der Waals surface area (Å²) in [6.07, 6.45) is 5.14. The molecule has 1 fully saturated rings. The molecule has 1 amide bonds. The summed E-state index contributed by atoms with van der Waals surface area (Å²) in [5.74, 6) is 0.393. The third-order valence-electron chi connectivity index (χ3n) is 3.80. The number of esters is 1. The van der Waals surface area contributed by atoms with Gasteiger partial charge < -0.3 is 14.4 Å². The number of carbonyl (C=O) groups excluding carboxylic acids is 2. The summed E-state index contributed by atoms with van der Waals surface area (Å²) in [4.78, 5) is 25.1. The van der Waals surface area contributed by atoms with Crippen molar-refractivity contribution < 1.29 is 19.1 Å². The Morgan fingerprint density at radius 1 is 1.22 bits per heavy atom. The molecule has 1 heterocycles. The van der Waals surface area contributed by atoms with Crippen LogP contribution in [0.4, 0.5) is 4.79 Å². The lowest BCUT2D eigenvalue weighted by atomic mass is 9.91. The van der Waals surface area contributed by atoms with Crippen molar-refractivity contribution in [2.24, 2.45) is 5.92 Å². The molecule has 0 spiro atoms. The zero-order valence-electron chi connectivity index (χ0n) is 14.8. The quantitative estimate of drug-likeness (QED) is 0.408. The van der Waals surface area contributed by atoms with Crippen LogP contribution in [0.3, 0.4) is 0 Å². The van der Waals surface area contributed by atoms with Gasteiger partial charge >= 0.3 is 12.1 Å². The third-order valence-corrected chi connectivity index (χ3v) is 3.89. The number of rotatable bonds is 6. The van der Waals surface area contributed by atoms with Crippen LogP contribution >= 0.6 is 11.6 Å². The normalized spacial score (nSPS) is 17.7. The Labute approximate surface area is 144 Å². The molecule has 0 aromatic rings. The number of hydrogen-bond donors (Lipinski definition) is 0. The molecule has 0 aromatic heterocycles. The lowest BCUT2D eigenvalue weighted by molar-refractivity contribution is -0.145. The average Bonchev–Trinajstić information content (AvgIpc) is 2.41. The summed E-state index contributed by atoms with van der Waals surface area (Å²) < 4.78 is 10.3. The summed E-state index contributed by atoms with van der Waals surface area (Å²) in [6.45, 7) is 8.80. The van der Waals surface area contributed by atoms with Crippen molar-refractivity contribution in [3.05, 3.63) is 0 Å². The molecule has 5 nitrogen and oxygen atoms in total. The number of nitrogens with zero attached hydrogens (tertiary/aromatic N) is 1. The lowest BCUT2D eigenvalue weighted by Crippen LogP contribution is -2.41. The molecular weight excluding hydrogens is 318 g/mol. The van der Waals surface area contributed by atoms with E-state index < -0.39 is 11.2 Å². The summed E-state index contributed by atoms with van der Waals surface area (Å²) >= 11 is 5.60. The fourth-order valence-electron chi connectivity index (χ4n) is 2.67. The van der Waals surface area contributed by atoms with E-state index in [2.05, 4.69) is 0 Å². The minimum atomic E-state index is -0.556. The van der Waals surface area contributed by atoms with E-state index in [-0.39, 0.29) is 12.1 Å². The fraction of sp³-hybridized carbons (Fsp3) is 0.882. The van der Waals surface area contributed by atoms with E-state index in [1.54, 1.807) is 11.8 Å². The number of likely N-dealkylation sites (tertiary alicyclic amines) is 1. The van der Waals surface area contributed by atoms with Crippen molar-refractivity contribution >= 4 is 23.7 Å². The highest BCUT2D eigenvalue weighted by atomic mass is 35.5. The molecule has 23 heavy (non-hydrogen) atoms. The van der Waals surface area contributed by atoms with Gasteiger partial charge in [0.1, 0.15) is 5.60 Å². The predicted octanol–water partition coefficient (Wildman–Crippen LogP) is 4.32. The molecule has 1 rings (SSSR count). The van der Waals surface area contributed by atoms with E-state index in [1.807, 2.05) is 20.8 Å². The summed E-state index contributed by atoms with van der Waals surface area (Å²) in [5.41, 5.74) is -0.997. The summed E-state index contributed by atoms with van der Waals surface area (Å²) in [6, 6.07) is 0. The first-order valence-electron chi connectivity index (χ1n) is 8.49. The Kier molecular flexibility index (Phi) is 8.17. The van der Waals surface area contributed by atoms with Gasteiger partial charge in [0, 0.05) is 19.5 Å². The minimum absolute atomic E-state index is 0.214. The van der Waals surface area contributed by atoms with Crippen LogP contribution in [0.25, 0.3) is 0 Å². The van der Waals surface area contributed by atoms with Gasteiger partial charge in [-0.25, -0.2) is 4.79 Å². The summed E-state index contributed by atoms with van der Waals surface area (Å²) in [5, 5.41) is 0. The van der Waals surface area contributed by atoms with E-state index in [0.29, 0.717) is 12.3 Å². The van der Waals surface area contributed by atoms with E-state index in [0.717, 1.165) is 45.2 Å². The average molecular weight is 348 g/mol. The van der Waals surface area contributed by atoms with Gasteiger partial charge in [0.05, 0.1) is 0 Å². The van der Waals surface area contributed by atoms with Crippen molar-refractivity contribution in [1.29, 1.82) is 0 Å². The number of ether oxygens (including phenoxy) is 2. The van der Waals surface area contributed by atoms with Gasteiger partial charge in [-0.1, -0.05) is 24.4 Å². The fourth-order valence-corrected chi connectivity index (χ4v) is 2.77. The van der Waals surface area contributed by atoms with Gasteiger partial charge in [0.2, 0.25) is 0 Å². The molecule has 1 saturated heterocycles. The van der Waals surface area contributed by atoms with Crippen LogP contribution in [0.2, 0.25) is 0 Å². The second-order valence-electron chi connectivity index (χ2n) is 7.19. The zero-order valence-corrected chi connectivity index (χ0v) is 15.5. The number of amides is 1. The molecule has 0 aromatic carbocycles. The molecule has 0 bridgehead atoms. The van der Waals surface area contributed by atoms with Crippen LogP contribution in [0.15, 0.2) is 0 Å². The molecule has 0 aliphatic carbocycles. The van der Waals surface area contributed by atoms with Crippen molar-refractivity contribution in [3.8, 4) is 0 Å². The molecular formula is C17H30ClNO4. The zero-order chi connectivity index (χ0) is 17.5. The Morgan fingerprint density at radius 2 is 1.83 bits per heavy atom. The van der Waals surface area contributed by atoms with E-state index in [9.17, 15) is 9.59 Å². The Hall–Kier alpha value is -0.970. The van der Waals surface area contributed by atoms with Gasteiger partial charge in [0.25, 0.3) is 0 Å². The van der Waals surface area contributed by atoms with Crippen LogP contribution in [0.1, 0.15) is 66.2 Å². The Morgan fingerprint density at radius 3 is 2.35 bits per heavy atom. The largest absolute Gasteiger partial charge is 0.446 e. The standard InChI is InChI=1S/C17H30ClNO4/c1-13(18)22-15(20)8-6-5-7-14-9-11-19(12-10-14)16(21)23-17(2,3)4/h13-14H,5-12H2,1-4H3. The second-order valence-corrected chi connectivity index (χ2v) is 7.80. The van der Waals surface area contributed by atoms with Gasteiger partial charge in [-0.2, -0.15) is 0 Å². The number of alkyl halides is 1. The van der Waals surface area contributed by atoms with E-state index >= 15 is 0 Å². The molecule has 6 heteroatoms. The molecule has 134 valence electrons. The van der Waals surface area contributed by atoms with Crippen LogP contribution in [0, 0.1) is 5.92 Å². The van der Waals surface area contributed by atoms with Crippen LogP contribution in [-0.4, -0.2) is 41.2 Å². The highest BCUT2D eigenvalue weighted by molar-refractivity contribution is 6.19. The van der Waals surface area contributed by atoms with Gasteiger partial charge in [-0.15, -0.1) is 0 Å². The molecule has 1 unspecified atom stereocenters. The summed E-state index contributed by atoms with van der Waals surface area (Å²) in [7, 11) is 0. The Bertz CT molecular complexity index is 385. The third kappa shape index (κ3) is 9.04. The number of piperidine rings is 1. The molecule has 1 atom stereocenters.